The minimum absolute atomic E-state index is 0.0329. The Morgan fingerprint density at radius 2 is 1.61 bits per heavy atom. The number of phenols is 3. The molecule has 1 aliphatic rings. The highest BCUT2D eigenvalue weighted by molar-refractivity contribution is 5.86. The number of ether oxygens (including phenoxy) is 1. The second-order valence-corrected chi connectivity index (χ2v) is 7.33. The molecule has 3 aromatic rings. The molecule has 10 heteroatoms. The van der Waals surface area contributed by atoms with Gasteiger partial charge in [-0.05, 0) is 23.8 Å². The van der Waals surface area contributed by atoms with E-state index in [0.29, 0.717) is 0 Å². The van der Waals surface area contributed by atoms with Gasteiger partial charge in [-0.1, -0.05) is 0 Å². The maximum Gasteiger partial charge on any atom is 0.197 e. The molecular weight excluding hydrogens is 412 g/mol. The number of hydrogen-bond acceptors (Lipinski definition) is 10. The molecule has 0 saturated carbocycles. The summed E-state index contributed by atoms with van der Waals surface area (Å²) in [6, 6.07) is 7.14. The zero-order valence-electron chi connectivity index (χ0n) is 15.9. The topological polar surface area (TPSA) is 181 Å². The maximum atomic E-state index is 12.6. The van der Waals surface area contributed by atoms with Crippen LogP contribution in [-0.4, -0.2) is 66.8 Å². The van der Waals surface area contributed by atoms with Gasteiger partial charge in [-0.15, -0.1) is 0 Å². The lowest BCUT2D eigenvalue weighted by Gasteiger charge is -2.40. The molecule has 0 unspecified atom stereocenters. The number of aromatic hydroxyl groups is 3. The summed E-state index contributed by atoms with van der Waals surface area (Å²) in [6.45, 7) is -0.640. The van der Waals surface area contributed by atoms with Gasteiger partial charge in [-0.3, -0.25) is 4.79 Å². The smallest absolute Gasteiger partial charge is 0.197 e. The van der Waals surface area contributed by atoms with Crippen LogP contribution in [0.3, 0.4) is 0 Å². The van der Waals surface area contributed by atoms with Crippen LogP contribution in [-0.2, 0) is 4.74 Å². The highest BCUT2D eigenvalue weighted by atomic mass is 16.5. The summed E-state index contributed by atoms with van der Waals surface area (Å²) in [4.78, 5) is 12.6. The summed E-state index contributed by atoms with van der Waals surface area (Å²) in [5.74, 6) is -1.04. The van der Waals surface area contributed by atoms with Gasteiger partial charge in [0.1, 0.15) is 64.5 Å². The fraction of sp³-hybridized carbons (Fsp3) is 0.286. The zero-order valence-corrected chi connectivity index (χ0v) is 15.9. The van der Waals surface area contributed by atoms with Crippen molar-refractivity contribution < 1.29 is 44.9 Å². The Labute approximate surface area is 174 Å². The van der Waals surface area contributed by atoms with Crippen LogP contribution in [0.5, 0.6) is 17.2 Å². The standard InChI is InChI=1S/C21H20O10/c22-7-16-18(27)19(28)20(29)21(31-16)11-3-8(23)1-2-10(11)14-6-13(26)17-12(25)4-9(24)5-15(17)30-14/h1-6,16,18-25,27-29H,7H2/t16-,18-,19+,20-,21+/m1/s1. The highest BCUT2D eigenvalue weighted by Crippen LogP contribution is 2.40. The molecule has 0 aliphatic carbocycles. The van der Waals surface area contributed by atoms with Gasteiger partial charge in [0.05, 0.1) is 6.61 Å². The van der Waals surface area contributed by atoms with Gasteiger partial charge in [0, 0.05) is 23.8 Å². The van der Waals surface area contributed by atoms with E-state index in [9.17, 15) is 40.5 Å². The second-order valence-electron chi connectivity index (χ2n) is 7.33. The van der Waals surface area contributed by atoms with Gasteiger partial charge >= 0.3 is 0 Å². The summed E-state index contributed by atoms with van der Waals surface area (Å²) >= 11 is 0. The Balaban J connectivity index is 1.89. The minimum Gasteiger partial charge on any atom is -0.508 e. The lowest BCUT2D eigenvalue weighted by molar-refractivity contribution is -0.231. The maximum absolute atomic E-state index is 12.6. The summed E-state index contributed by atoms with van der Waals surface area (Å²) in [6.07, 6.45) is -7.32. The molecule has 10 nitrogen and oxygen atoms in total. The van der Waals surface area contributed by atoms with Crippen molar-refractivity contribution in [2.24, 2.45) is 0 Å². The Morgan fingerprint density at radius 3 is 2.32 bits per heavy atom. The van der Waals surface area contributed by atoms with Crippen LogP contribution in [0, 0.1) is 0 Å². The number of fused-ring (bicyclic) bond motifs is 1. The van der Waals surface area contributed by atoms with Crippen LogP contribution < -0.4 is 5.43 Å². The van der Waals surface area contributed by atoms with E-state index in [1.54, 1.807) is 0 Å². The first-order chi connectivity index (χ1) is 14.7. The Kier molecular flexibility index (Phi) is 5.33. The number of hydrogen-bond donors (Lipinski definition) is 7. The molecule has 0 radical (unpaired) electrons. The van der Waals surface area contributed by atoms with Crippen molar-refractivity contribution in [3.05, 3.63) is 52.2 Å². The third kappa shape index (κ3) is 3.60. The summed E-state index contributed by atoms with van der Waals surface area (Å²) in [7, 11) is 0. The van der Waals surface area contributed by atoms with Gasteiger partial charge in [-0.25, -0.2) is 0 Å². The molecule has 1 aliphatic heterocycles. The van der Waals surface area contributed by atoms with E-state index in [1.807, 2.05) is 0 Å². The highest BCUT2D eigenvalue weighted by Gasteiger charge is 2.44. The van der Waals surface area contributed by atoms with E-state index < -0.39 is 48.3 Å². The van der Waals surface area contributed by atoms with Gasteiger partial charge < -0.3 is 44.9 Å². The molecule has 1 saturated heterocycles. The SMILES string of the molecule is O=c1cc(-c2ccc(O)cc2[C@@H]2O[C@H](CO)[C@@H](O)[C@H](O)[C@H]2O)oc2cc(O)cc(O)c12. The fourth-order valence-corrected chi connectivity index (χ4v) is 3.76. The lowest BCUT2D eigenvalue weighted by Crippen LogP contribution is -2.55. The van der Waals surface area contributed by atoms with Crippen LogP contribution in [0.2, 0.25) is 0 Å². The first kappa shape index (κ1) is 21.1. The number of phenolic OH excluding ortho intramolecular Hbond substituents is 3. The third-order valence-electron chi connectivity index (χ3n) is 5.29. The monoisotopic (exact) mass is 432 g/mol. The van der Waals surface area contributed by atoms with Crippen LogP contribution >= 0.6 is 0 Å². The molecule has 2 aromatic carbocycles. The molecular formula is C21H20O10. The van der Waals surface area contributed by atoms with Crippen LogP contribution in [0.25, 0.3) is 22.3 Å². The van der Waals surface area contributed by atoms with Gasteiger partial charge in [0.15, 0.2) is 5.43 Å². The van der Waals surface area contributed by atoms with Gasteiger partial charge in [0.2, 0.25) is 0 Å². The van der Waals surface area contributed by atoms with E-state index in [2.05, 4.69) is 0 Å². The summed E-state index contributed by atoms with van der Waals surface area (Å²) < 4.78 is 11.3. The zero-order chi connectivity index (χ0) is 22.4. The molecule has 31 heavy (non-hydrogen) atoms. The quantitative estimate of drug-likeness (QED) is 0.300. The number of benzene rings is 2. The molecule has 1 aromatic heterocycles. The molecule has 164 valence electrons. The van der Waals surface area contributed by atoms with Crippen molar-refractivity contribution >= 4 is 11.0 Å². The van der Waals surface area contributed by atoms with Crippen molar-refractivity contribution in [1.82, 2.24) is 0 Å². The largest absolute Gasteiger partial charge is 0.508 e. The van der Waals surface area contributed by atoms with E-state index in [0.717, 1.165) is 18.2 Å². The van der Waals surface area contributed by atoms with Gasteiger partial charge in [0.25, 0.3) is 0 Å². The molecule has 7 N–H and O–H groups in total. The average Bonchev–Trinajstić information content (AvgIpc) is 2.71. The van der Waals surface area contributed by atoms with Gasteiger partial charge in [-0.2, -0.15) is 0 Å². The number of aliphatic hydroxyl groups excluding tert-OH is 4. The molecule has 5 atom stereocenters. The predicted octanol–water partition coefficient (Wildman–Crippen LogP) is 0.0917. The lowest BCUT2D eigenvalue weighted by atomic mass is 9.88. The average molecular weight is 432 g/mol. The first-order valence-electron chi connectivity index (χ1n) is 9.35. The Hall–Kier alpha value is -3.15. The van der Waals surface area contributed by atoms with E-state index >= 15 is 0 Å². The van der Waals surface area contributed by atoms with E-state index in [1.165, 1.54) is 18.2 Å². The Morgan fingerprint density at radius 1 is 0.871 bits per heavy atom. The van der Waals surface area contributed by atoms with E-state index in [4.69, 9.17) is 9.15 Å². The molecule has 0 spiro atoms. The normalized spacial score (nSPS) is 26.3. The predicted molar refractivity (Wildman–Crippen MR) is 106 cm³/mol. The fourth-order valence-electron chi connectivity index (χ4n) is 3.76. The second kappa shape index (κ2) is 7.84. The van der Waals surface area contributed by atoms with Crippen molar-refractivity contribution in [3.63, 3.8) is 0 Å². The molecule has 4 rings (SSSR count). The van der Waals surface area contributed by atoms with Crippen LogP contribution in [0.15, 0.2) is 45.6 Å². The number of aliphatic hydroxyl groups is 4. The van der Waals surface area contributed by atoms with Crippen molar-refractivity contribution in [2.45, 2.75) is 30.5 Å². The molecule has 0 bridgehead atoms. The molecule has 1 fully saturated rings. The van der Waals surface area contributed by atoms with E-state index in [-0.39, 0.29) is 39.4 Å². The Bertz CT molecular complexity index is 1180. The minimum atomic E-state index is -1.65. The van der Waals surface area contributed by atoms with Crippen molar-refractivity contribution in [3.8, 4) is 28.6 Å². The molecule has 2 heterocycles. The molecule has 0 amide bonds. The first-order valence-corrected chi connectivity index (χ1v) is 9.35. The third-order valence-corrected chi connectivity index (χ3v) is 5.29. The number of rotatable bonds is 3. The summed E-state index contributed by atoms with van der Waals surface area (Å²) in [5, 5.41) is 69.6. The van der Waals surface area contributed by atoms with Crippen molar-refractivity contribution in [1.29, 1.82) is 0 Å². The van der Waals surface area contributed by atoms with Crippen LogP contribution in [0.4, 0.5) is 0 Å². The van der Waals surface area contributed by atoms with Crippen LogP contribution in [0.1, 0.15) is 11.7 Å². The summed E-state index contributed by atoms with van der Waals surface area (Å²) in [5.41, 5.74) is -0.401. The van der Waals surface area contributed by atoms with Crippen molar-refractivity contribution in [2.75, 3.05) is 6.61 Å².